The molecule has 24 heavy (non-hydrogen) atoms. The molecular weight excluding hydrogens is 324 g/mol. The van der Waals surface area contributed by atoms with Crippen LogP contribution in [0.1, 0.15) is 17.5 Å². The highest BCUT2D eigenvalue weighted by molar-refractivity contribution is 6.30. The molecular formula is C19H17ClN2O2. The molecule has 3 aromatic rings. The molecule has 3 rings (SSSR count). The summed E-state index contributed by atoms with van der Waals surface area (Å²) in [6, 6.07) is 15.4. The predicted molar refractivity (Wildman–Crippen MR) is 94.7 cm³/mol. The monoisotopic (exact) mass is 340 g/mol. The maximum absolute atomic E-state index is 10.9. The van der Waals surface area contributed by atoms with E-state index in [1.54, 1.807) is 16.8 Å². The first-order chi connectivity index (χ1) is 11.5. The van der Waals surface area contributed by atoms with Gasteiger partial charge >= 0.3 is 5.97 Å². The van der Waals surface area contributed by atoms with E-state index in [0.29, 0.717) is 11.4 Å². The summed E-state index contributed by atoms with van der Waals surface area (Å²) < 4.78 is 1.77. The number of benzene rings is 2. The highest BCUT2D eigenvalue weighted by Gasteiger charge is 2.13. The minimum absolute atomic E-state index is 0.0746. The maximum Gasteiger partial charge on any atom is 0.303 e. The zero-order valence-corrected chi connectivity index (χ0v) is 14.0. The van der Waals surface area contributed by atoms with Crippen molar-refractivity contribution >= 4 is 17.6 Å². The number of nitrogens with zero attached hydrogens (tertiary/aromatic N) is 2. The number of carboxylic acid groups (broad SMARTS) is 1. The van der Waals surface area contributed by atoms with Gasteiger partial charge < -0.3 is 5.11 Å². The molecule has 0 aliphatic heterocycles. The topological polar surface area (TPSA) is 55.1 Å². The summed E-state index contributed by atoms with van der Waals surface area (Å²) >= 11 is 5.94. The van der Waals surface area contributed by atoms with Gasteiger partial charge in [0.05, 0.1) is 11.4 Å². The van der Waals surface area contributed by atoms with Crippen LogP contribution < -0.4 is 0 Å². The second-order valence-corrected chi connectivity index (χ2v) is 6.12. The lowest BCUT2D eigenvalue weighted by molar-refractivity contribution is -0.136. The fraction of sp³-hybridized carbons (Fsp3) is 0.158. The summed E-state index contributed by atoms with van der Waals surface area (Å²) in [7, 11) is 0. The summed E-state index contributed by atoms with van der Waals surface area (Å²) in [6.07, 6.45) is 2.40. The standard InChI is InChI=1S/C19H17ClN2O2/c1-13-2-4-14(5-3-13)19-15(6-11-18(23)24)12-22(21-19)17-9-7-16(20)8-10-17/h2-5,7-10,12H,6,11H2,1H3,(H,23,24). The van der Waals surface area contributed by atoms with Gasteiger partial charge in [0.15, 0.2) is 0 Å². The second-order valence-electron chi connectivity index (χ2n) is 5.68. The van der Waals surface area contributed by atoms with E-state index in [-0.39, 0.29) is 6.42 Å². The highest BCUT2D eigenvalue weighted by Crippen LogP contribution is 2.25. The van der Waals surface area contributed by atoms with E-state index in [1.807, 2.05) is 49.5 Å². The molecule has 0 aliphatic rings. The molecule has 0 radical (unpaired) electrons. The first kappa shape index (κ1) is 16.3. The number of hydrogen-bond donors (Lipinski definition) is 1. The van der Waals surface area contributed by atoms with Crippen LogP contribution in [-0.2, 0) is 11.2 Å². The normalized spacial score (nSPS) is 10.8. The molecule has 1 N–H and O–H groups in total. The summed E-state index contributed by atoms with van der Waals surface area (Å²) in [5.74, 6) is -0.816. The Balaban J connectivity index is 2.02. The van der Waals surface area contributed by atoms with Crippen molar-refractivity contribution in [2.24, 2.45) is 0 Å². The van der Waals surface area contributed by atoms with E-state index in [0.717, 1.165) is 22.5 Å². The molecule has 0 aliphatic carbocycles. The van der Waals surface area contributed by atoms with E-state index in [2.05, 4.69) is 5.10 Å². The number of rotatable bonds is 5. The number of aromatic nitrogens is 2. The predicted octanol–water partition coefficient (Wildman–Crippen LogP) is 4.52. The molecule has 0 amide bonds. The van der Waals surface area contributed by atoms with E-state index in [1.165, 1.54) is 5.56 Å². The molecule has 0 unspecified atom stereocenters. The highest BCUT2D eigenvalue weighted by atomic mass is 35.5. The van der Waals surface area contributed by atoms with Crippen molar-refractivity contribution in [1.82, 2.24) is 9.78 Å². The van der Waals surface area contributed by atoms with Crippen molar-refractivity contribution in [3.8, 4) is 16.9 Å². The Morgan fingerprint density at radius 3 is 2.42 bits per heavy atom. The molecule has 5 heteroatoms. The molecule has 0 saturated heterocycles. The molecule has 0 bridgehead atoms. The van der Waals surface area contributed by atoms with Crippen molar-refractivity contribution in [2.75, 3.05) is 0 Å². The summed E-state index contributed by atoms with van der Waals surface area (Å²) in [5, 5.41) is 14.3. The molecule has 4 nitrogen and oxygen atoms in total. The minimum Gasteiger partial charge on any atom is -0.481 e. The van der Waals surface area contributed by atoms with Crippen molar-refractivity contribution < 1.29 is 9.90 Å². The maximum atomic E-state index is 10.9. The Kier molecular flexibility index (Phi) is 4.67. The molecule has 1 aromatic heterocycles. The zero-order valence-electron chi connectivity index (χ0n) is 13.2. The molecule has 2 aromatic carbocycles. The molecule has 0 atom stereocenters. The quantitative estimate of drug-likeness (QED) is 0.743. The fourth-order valence-electron chi connectivity index (χ4n) is 2.51. The van der Waals surface area contributed by atoms with Gasteiger partial charge in [0, 0.05) is 23.2 Å². The lowest BCUT2D eigenvalue weighted by atomic mass is 10.0. The summed E-state index contributed by atoms with van der Waals surface area (Å²) in [6.45, 7) is 2.03. The van der Waals surface area contributed by atoms with Gasteiger partial charge in [-0.2, -0.15) is 5.10 Å². The van der Waals surface area contributed by atoms with Crippen LogP contribution in [0, 0.1) is 6.92 Å². The Morgan fingerprint density at radius 1 is 1.12 bits per heavy atom. The lowest BCUT2D eigenvalue weighted by Crippen LogP contribution is -1.97. The number of aliphatic carboxylic acids is 1. The number of carbonyl (C=O) groups is 1. The number of hydrogen-bond acceptors (Lipinski definition) is 2. The van der Waals surface area contributed by atoms with Crippen LogP contribution in [0.2, 0.25) is 5.02 Å². The van der Waals surface area contributed by atoms with Gasteiger partial charge in [-0.15, -0.1) is 0 Å². The van der Waals surface area contributed by atoms with Crippen molar-refractivity contribution in [3.63, 3.8) is 0 Å². The number of halogens is 1. The summed E-state index contributed by atoms with van der Waals surface area (Å²) in [5.41, 5.74) is 4.76. The first-order valence-corrected chi connectivity index (χ1v) is 8.04. The second kappa shape index (κ2) is 6.89. The molecule has 1 heterocycles. The number of carboxylic acids is 1. The molecule has 0 saturated carbocycles. The van der Waals surface area contributed by atoms with Gasteiger partial charge in [-0.1, -0.05) is 41.4 Å². The van der Waals surface area contributed by atoms with E-state index in [9.17, 15) is 4.79 Å². The largest absolute Gasteiger partial charge is 0.481 e. The average molecular weight is 341 g/mol. The van der Waals surface area contributed by atoms with Crippen molar-refractivity contribution in [2.45, 2.75) is 19.8 Å². The third kappa shape index (κ3) is 3.66. The van der Waals surface area contributed by atoms with Crippen LogP contribution in [0.15, 0.2) is 54.7 Å². The van der Waals surface area contributed by atoms with E-state index in [4.69, 9.17) is 16.7 Å². The van der Waals surface area contributed by atoms with E-state index >= 15 is 0 Å². The third-order valence-electron chi connectivity index (χ3n) is 3.81. The molecule has 0 spiro atoms. The Bertz CT molecular complexity index is 852. The van der Waals surface area contributed by atoms with Crippen LogP contribution in [-0.4, -0.2) is 20.9 Å². The average Bonchev–Trinajstić information content (AvgIpc) is 2.98. The van der Waals surface area contributed by atoms with Gasteiger partial charge in [-0.3, -0.25) is 4.79 Å². The van der Waals surface area contributed by atoms with Gasteiger partial charge in [0.25, 0.3) is 0 Å². The van der Waals surface area contributed by atoms with Crippen LogP contribution in [0.3, 0.4) is 0 Å². The zero-order chi connectivity index (χ0) is 17.1. The third-order valence-corrected chi connectivity index (χ3v) is 4.07. The Hall–Kier alpha value is -2.59. The van der Waals surface area contributed by atoms with Crippen LogP contribution in [0.25, 0.3) is 16.9 Å². The molecule has 122 valence electrons. The van der Waals surface area contributed by atoms with Crippen molar-refractivity contribution in [3.05, 3.63) is 70.9 Å². The van der Waals surface area contributed by atoms with E-state index < -0.39 is 5.97 Å². The smallest absolute Gasteiger partial charge is 0.303 e. The van der Waals surface area contributed by atoms with Gasteiger partial charge in [-0.25, -0.2) is 4.68 Å². The SMILES string of the molecule is Cc1ccc(-c2nn(-c3ccc(Cl)cc3)cc2CCC(=O)O)cc1. The minimum atomic E-state index is -0.816. The van der Waals surface area contributed by atoms with Crippen LogP contribution in [0.5, 0.6) is 0 Å². The molecule has 0 fully saturated rings. The van der Waals surface area contributed by atoms with Gasteiger partial charge in [0.1, 0.15) is 0 Å². The van der Waals surface area contributed by atoms with Gasteiger partial charge in [-0.05, 0) is 43.2 Å². The fourth-order valence-corrected chi connectivity index (χ4v) is 2.64. The lowest BCUT2D eigenvalue weighted by Gasteiger charge is -2.02. The van der Waals surface area contributed by atoms with Crippen LogP contribution in [0.4, 0.5) is 0 Å². The Labute approximate surface area is 145 Å². The first-order valence-electron chi connectivity index (χ1n) is 7.66. The van der Waals surface area contributed by atoms with Gasteiger partial charge in [0.2, 0.25) is 0 Å². The Morgan fingerprint density at radius 2 is 1.79 bits per heavy atom. The van der Waals surface area contributed by atoms with Crippen molar-refractivity contribution in [1.29, 1.82) is 0 Å². The van der Waals surface area contributed by atoms with Crippen LogP contribution >= 0.6 is 11.6 Å². The summed E-state index contributed by atoms with van der Waals surface area (Å²) in [4.78, 5) is 10.9. The number of aryl methyl sites for hydroxylation is 2.